The van der Waals surface area contributed by atoms with E-state index in [2.05, 4.69) is 44.1 Å². The van der Waals surface area contributed by atoms with Gasteiger partial charge in [-0.1, -0.05) is 36.2 Å². The molecule has 2 saturated heterocycles. The fraction of sp³-hybridized carbons (Fsp3) is 0.465. The number of hydrogen-bond donors (Lipinski definition) is 2. The lowest BCUT2D eigenvalue weighted by Crippen LogP contribution is -2.47. The quantitative estimate of drug-likeness (QED) is 0.179. The molecule has 0 spiro atoms. The van der Waals surface area contributed by atoms with Crippen LogP contribution in [0.5, 0.6) is 11.5 Å². The molecule has 1 aliphatic carbocycles. The second-order valence-electron chi connectivity index (χ2n) is 15.6. The number of halogens is 1. The Kier molecular flexibility index (Phi) is 13.4. The Bertz CT molecular complexity index is 1940. The first kappa shape index (κ1) is 40.1. The van der Waals surface area contributed by atoms with Crippen molar-refractivity contribution in [3.63, 3.8) is 0 Å². The molecule has 2 aromatic heterocycles. The number of benzene rings is 2. The SMILES string of the molecule is CC(C)(C)OC(=O)N1CCCNCC1.COC(=O)c1ccc(N2CCN(CC3=C(c4ccc(Cl)cc4)CCC(C)C3)CC2)cc1Oc1cnc2[nH]ccc2c1. The molecule has 1 unspecified atom stereocenters. The van der Waals surface area contributed by atoms with Crippen LogP contribution in [0.1, 0.15) is 69.3 Å². The van der Waals surface area contributed by atoms with E-state index < -0.39 is 11.6 Å². The number of esters is 1. The van der Waals surface area contributed by atoms with E-state index in [1.54, 1.807) is 22.7 Å². The number of aromatic nitrogens is 2. The van der Waals surface area contributed by atoms with Gasteiger partial charge < -0.3 is 34.3 Å². The van der Waals surface area contributed by atoms with Gasteiger partial charge in [0.15, 0.2) is 0 Å². The standard InChI is InChI=1S/C33H35ClN4O3.C10H20N2O2/c1-22-3-9-29(23-4-6-26(34)7-5-23)25(17-22)21-37-13-15-38(16-14-37)27-8-10-30(33(39)40-2)31(19-27)41-28-18-24-11-12-35-32(24)36-20-28;1-10(2,3)14-9(13)12-7-4-5-11-6-8-12/h4-8,10-12,18-20,22H,3,9,13-17,21H2,1-2H3,(H,35,36);11H,4-8H2,1-3H3. The van der Waals surface area contributed by atoms with Crippen LogP contribution in [0.15, 0.2) is 72.6 Å². The molecule has 2 fully saturated rings. The molecule has 0 bridgehead atoms. The predicted molar refractivity (Wildman–Crippen MR) is 219 cm³/mol. The van der Waals surface area contributed by atoms with Crippen molar-refractivity contribution >= 4 is 46.0 Å². The van der Waals surface area contributed by atoms with Crippen LogP contribution in [-0.4, -0.2) is 103 Å². The third-order valence-electron chi connectivity index (χ3n) is 10.2. The van der Waals surface area contributed by atoms with Crippen molar-refractivity contribution in [2.24, 2.45) is 5.92 Å². The first-order valence-corrected chi connectivity index (χ1v) is 19.8. The fourth-order valence-corrected chi connectivity index (χ4v) is 7.46. The Morgan fingerprint density at radius 2 is 1.75 bits per heavy atom. The zero-order valence-electron chi connectivity index (χ0n) is 32.8. The second-order valence-corrected chi connectivity index (χ2v) is 16.1. The summed E-state index contributed by atoms with van der Waals surface area (Å²) in [4.78, 5) is 38.4. The highest BCUT2D eigenvalue weighted by Gasteiger charge is 2.25. The van der Waals surface area contributed by atoms with Gasteiger partial charge in [0.1, 0.15) is 28.3 Å². The molecule has 4 heterocycles. The molecule has 7 rings (SSSR count). The molecule has 3 aliphatic rings. The number of aromatic amines is 1. The van der Waals surface area contributed by atoms with Crippen LogP contribution in [0.2, 0.25) is 5.02 Å². The molecule has 11 nitrogen and oxygen atoms in total. The number of H-pyrrole nitrogens is 1. The van der Waals surface area contributed by atoms with E-state index >= 15 is 0 Å². The predicted octanol–water partition coefficient (Wildman–Crippen LogP) is 8.41. The number of piperazine rings is 1. The van der Waals surface area contributed by atoms with Crippen molar-refractivity contribution in [1.29, 1.82) is 0 Å². The third kappa shape index (κ3) is 11.0. The molecule has 1 amide bonds. The third-order valence-corrected chi connectivity index (χ3v) is 10.5. The molecule has 294 valence electrons. The van der Waals surface area contributed by atoms with Gasteiger partial charge in [0.25, 0.3) is 0 Å². The highest BCUT2D eigenvalue weighted by Crippen LogP contribution is 2.37. The molecule has 1 atom stereocenters. The molecule has 2 aromatic carbocycles. The second kappa shape index (κ2) is 18.4. The van der Waals surface area contributed by atoms with E-state index in [0.717, 1.165) is 99.9 Å². The number of hydrogen-bond acceptors (Lipinski definition) is 9. The Labute approximate surface area is 330 Å². The van der Waals surface area contributed by atoms with Crippen LogP contribution in [0.3, 0.4) is 0 Å². The number of fused-ring (bicyclic) bond motifs is 1. The normalized spacial score (nSPS) is 18.3. The number of allylic oxidation sites excluding steroid dienone is 1. The Balaban J connectivity index is 0.000000311. The van der Waals surface area contributed by atoms with E-state index in [-0.39, 0.29) is 6.09 Å². The highest BCUT2D eigenvalue weighted by molar-refractivity contribution is 6.30. The molecule has 55 heavy (non-hydrogen) atoms. The van der Waals surface area contributed by atoms with Gasteiger partial charge >= 0.3 is 12.1 Å². The molecule has 4 aromatic rings. The van der Waals surface area contributed by atoms with Gasteiger partial charge in [-0.15, -0.1) is 0 Å². The van der Waals surface area contributed by atoms with Crippen LogP contribution in [0.25, 0.3) is 16.6 Å². The van der Waals surface area contributed by atoms with Crippen molar-refractivity contribution in [3.8, 4) is 11.5 Å². The maximum atomic E-state index is 12.5. The zero-order chi connectivity index (χ0) is 39.0. The molecule has 12 heteroatoms. The summed E-state index contributed by atoms with van der Waals surface area (Å²) in [5, 5.41) is 4.97. The largest absolute Gasteiger partial charge is 0.465 e. The average Bonchev–Trinajstić information content (AvgIpc) is 3.46. The first-order chi connectivity index (χ1) is 26.5. The smallest absolute Gasteiger partial charge is 0.410 e. The minimum atomic E-state index is -0.432. The van der Waals surface area contributed by atoms with Gasteiger partial charge in [-0.3, -0.25) is 4.90 Å². The van der Waals surface area contributed by atoms with Crippen molar-refractivity contribution in [3.05, 3.63) is 88.7 Å². The van der Waals surface area contributed by atoms with Gasteiger partial charge in [0, 0.05) is 80.7 Å². The summed E-state index contributed by atoms with van der Waals surface area (Å²) in [6.07, 6.45) is 7.81. The van der Waals surface area contributed by atoms with Crippen LogP contribution in [0.4, 0.5) is 10.5 Å². The average molecular weight is 771 g/mol. The lowest BCUT2D eigenvalue weighted by Gasteiger charge is -2.38. The fourth-order valence-electron chi connectivity index (χ4n) is 7.33. The maximum Gasteiger partial charge on any atom is 0.410 e. The van der Waals surface area contributed by atoms with E-state index in [9.17, 15) is 9.59 Å². The number of pyridine rings is 1. The van der Waals surface area contributed by atoms with Crippen molar-refractivity contribution in [2.75, 3.05) is 70.9 Å². The van der Waals surface area contributed by atoms with E-state index in [4.69, 9.17) is 25.8 Å². The van der Waals surface area contributed by atoms with Crippen LogP contribution < -0.4 is 15.0 Å². The molecular formula is C43H55ClN6O5. The number of amides is 1. The Morgan fingerprint density at radius 1 is 0.964 bits per heavy atom. The van der Waals surface area contributed by atoms with Crippen molar-refractivity contribution in [2.45, 2.75) is 59.0 Å². The highest BCUT2D eigenvalue weighted by atomic mass is 35.5. The number of anilines is 1. The molecule has 2 aliphatic heterocycles. The van der Waals surface area contributed by atoms with E-state index in [0.29, 0.717) is 23.0 Å². The minimum Gasteiger partial charge on any atom is -0.465 e. The number of carbonyl (C=O) groups is 2. The number of rotatable bonds is 7. The topological polar surface area (TPSA) is 112 Å². The van der Waals surface area contributed by atoms with E-state index in [1.807, 2.05) is 63.4 Å². The van der Waals surface area contributed by atoms with Gasteiger partial charge in [-0.2, -0.15) is 0 Å². The van der Waals surface area contributed by atoms with Crippen molar-refractivity contribution < 1.29 is 23.8 Å². The number of carbonyl (C=O) groups excluding carboxylic acids is 2. The van der Waals surface area contributed by atoms with Gasteiger partial charge in [0.2, 0.25) is 0 Å². The van der Waals surface area contributed by atoms with Gasteiger partial charge in [-0.25, -0.2) is 14.6 Å². The Morgan fingerprint density at radius 3 is 2.49 bits per heavy atom. The lowest BCUT2D eigenvalue weighted by molar-refractivity contribution is 0.0262. The summed E-state index contributed by atoms with van der Waals surface area (Å²) in [7, 11) is 1.38. The van der Waals surface area contributed by atoms with Gasteiger partial charge in [-0.05, 0) is 106 Å². The molecule has 0 radical (unpaired) electrons. The summed E-state index contributed by atoms with van der Waals surface area (Å²) in [6.45, 7) is 16.1. The summed E-state index contributed by atoms with van der Waals surface area (Å²) in [6, 6.07) is 17.9. The monoisotopic (exact) mass is 770 g/mol. The molecule has 2 N–H and O–H groups in total. The molecule has 0 saturated carbocycles. The van der Waals surface area contributed by atoms with Crippen LogP contribution in [0, 0.1) is 5.92 Å². The van der Waals surface area contributed by atoms with Crippen molar-refractivity contribution in [1.82, 2.24) is 25.1 Å². The number of ether oxygens (including phenoxy) is 3. The summed E-state index contributed by atoms with van der Waals surface area (Å²) < 4.78 is 16.5. The number of nitrogens with zero attached hydrogens (tertiary/aromatic N) is 4. The summed E-state index contributed by atoms with van der Waals surface area (Å²) in [5.74, 6) is 1.30. The van der Waals surface area contributed by atoms with Crippen LogP contribution >= 0.6 is 11.6 Å². The summed E-state index contributed by atoms with van der Waals surface area (Å²) in [5.41, 5.74) is 6.17. The zero-order valence-corrected chi connectivity index (χ0v) is 33.6. The minimum absolute atomic E-state index is 0.193. The summed E-state index contributed by atoms with van der Waals surface area (Å²) >= 11 is 6.16. The Hall–Kier alpha value is -4.58. The maximum absolute atomic E-state index is 12.5. The van der Waals surface area contributed by atoms with Crippen LogP contribution in [-0.2, 0) is 9.47 Å². The van der Waals surface area contributed by atoms with E-state index in [1.165, 1.54) is 24.7 Å². The van der Waals surface area contributed by atoms with Gasteiger partial charge in [0.05, 0.1) is 13.3 Å². The molecular weight excluding hydrogens is 716 g/mol. The number of methoxy groups -OCH3 is 1. The lowest BCUT2D eigenvalue weighted by atomic mass is 9.82. The first-order valence-electron chi connectivity index (χ1n) is 19.4. The number of nitrogens with one attached hydrogen (secondary N) is 2.